The molecule has 0 bridgehead atoms. The van der Waals surface area contributed by atoms with E-state index in [0.717, 1.165) is 29.9 Å². The van der Waals surface area contributed by atoms with Gasteiger partial charge in [-0.3, -0.25) is 0 Å². The molecule has 0 spiro atoms. The first-order chi connectivity index (χ1) is 23.3. The highest BCUT2D eigenvalue weighted by molar-refractivity contribution is 5.99. The van der Waals surface area contributed by atoms with Crippen molar-refractivity contribution in [3.05, 3.63) is 205 Å². The van der Waals surface area contributed by atoms with Gasteiger partial charge in [0.05, 0.1) is 11.4 Å². The van der Waals surface area contributed by atoms with E-state index in [4.69, 9.17) is 0 Å². The van der Waals surface area contributed by atoms with E-state index >= 15 is 0 Å². The van der Waals surface area contributed by atoms with E-state index in [-0.39, 0.29) is 5.92 Å². The normalized spacial score (nSPS) is 16.6. The summed E-state index contributed by atoms with van der Waals surface area (Å²) in [7, 11) is 0. The number of benzene rings is 5. The van der Waals surface area contributed by atoms with Gasteiger partial charge in [-0.1, -0.05) is 134 Å². The van der Waals surface area contributed by atoms with Crippen molar-refractivity contribution in [1.82, 2.24) is 0 Å². The van der Waals surface area contributed by atoms with Gasteiger partial charge in [-0.05, 0) is 89.5 Å². The first kappa shape index (κ1) is 28.6. The Labute approximate surface area is 277 Å². The van der Waals surface area contributed by atoms with Gasteiger partial charge in [0.2, 0.25) is 0 Å². The standard InChI is InChI=1S/C45H36N2/c1-3-18-38(19-4-1)46(44-24-12-9-16-36-14-7-10-22-42(36)44)40-30-26-34(27-31-40)35-28-32-41(33-29-35)47(39-20-5-2-6-21-39)45-25-13-17-37-15-8-11-23-43(37)45/h2-3,5-33,36H,1,4H2. The Morgan fingerprint density at radius 1 is 0.489 bits per heavy atom. The Kier molecular flexibility index (Phi) is 7.83. The highest BCUT2D eigenvalue weighted by Gasteiger charge is 2.22. The fourth-order valence-electron chi connectivity index (χ4n) is 6.82. The van der Waals surface area contributed by atoms with E-state index in [1.165, 1.54) is 44.6 Å². The molecule has 3 aliphatic rings. The smallest absolute Gasteiger partial charge is 0.0540 e. The van der Waals surface area contributed by atoms with Crippen LogP contribution in [0, 0.1) is 5.92 Å². The zero-order valence-electron chi connectivity index (χ0n) is 26.3. The predicted octanol–water partition coefficient (Wildman–Crippen LogP) is 12.1. The molecule has 0 heterocycles. The molecule has 5 aromatic rings. The molecule has 2 heteroatoms. The predicted molar refractivity (Wildman–Crippen MR) is 200 cm³/mol. The summed E-state index contributed by atoms with van der Waals surface area (Å²) in [6, 6.07) is 43.7. The minimum Gasteiger partial charge on any atom is -0.311 e. The molecule has 0 saturated heterocycles. The second-order valence-corrected chi connectivity index (χ2v) is 12.1. The van der Waals surface area contributed by atoms with E-state index < -0.39 is 0 Å². The van der Waals surface area contributed by atoms with Crippen LogP contribution in [0.15, 0.2) is 205 Å². The van der Waals surface area contributed by atoms with Crippen molar-refractivity contribution < 1.29 is 0 Å². The topological polar surface area (TPSA) is 6.48 Å². The summed E-state index contributed by atoms with van der Waals surface area (Å²) in [6.07, 6.45) is 26.7. The molecule has 5 aromatic carbocycles. The molecular weight excluding hydrogens is 569 g/mol. The molecule has 0 aromatic heterocycles. The van der Waals surface area contributed by atoms with Gasteiger partial charge in [0, 0.05) is 34.1 Å². The van der Waals surface area contributed by atoms with Crippen LogP contribution < -0.4 is 9.80 Å². The van der Waals surface area contributed by atoms with Crippen molar-refractivity contribution in [2.24, 2.45) is 5.92 Å². The summed E-state index contributed by atoms with van der Waals surface area (Å²) in [5.74, 6) is 0.266. The number of anilines is 4. The van der Waals surface area contributed by atoms with E-state index in [1.807, 2.05) is 0 Å². The van der Waals surface area contributed by atoms with Crippen LogP contribution in [0.4, 0.5) is 22.7 Å². The number of fused-ring (bicyclic) bond motifs is 2. The Morgan fingerprint density at radius 2 is 1.13 bits per heavy atom. The molecular formula is C45H36N2. The fourth-order valence-corrected chi connectivity index (χ4v) is 6.82. The molecule has 0 saturated carbocycles. The van der Waals surface area contributed by atoms with Crippen LogP contribution in [0.5, 0.6) is 0 Å². The summed E-state index contributed by atoms with van der Waals surface area (Å²) >= 11 is 0. The molecule has 8 rings (SSSR count). The molecule has 0 N–H and O–H groups in total. The van der Waals surface area contributed by atoms with E-state index in [1.54, 1.807) is 0 Å². The van der Waals surface area contributed by atoms with Gasteiger partial charge in [0.1, 0.15) is 0 Å². The van der Waals surface area contributed by atoms with Gasteiger partial charge in [-0.2, -0.15) is 0 Å². The van der Waals surface area contributed by atoms with E-state index in [0.29, 0.717) is 0 Å². The Balaban J connectivity index is 1.14. The monoisotopic (exact) mass is 604 g/mol. The minimum absolute atomic E-state index is 0.266. The zero-order valence-corrected chi connectivity index (χ0v) is 26.3. The van der Waals surface area contributed by atoms with Crippen LogP contribution in [0.25, 0.3) is 21.9 Å². The largest absolute Gasteiger partial charge is 0.311 e. The molecule has 47 heavy (non-hydrogen) atoms. The average molecular weight is 605 g/mol. The van der Waals surface area contributed by atoms with Crippen LogP contribution in [-0.2, 0) is 0 Å². The summed E-state index contributed by atoms with van der Waals surface area (Å²) in [5, 5.41) is 2.46. The molecule has 0 radical (unpaired) electrons. The lowest BCUT2D eigenvalue weighted by Gasteiger charge is -2.31. The highest BCUT2D eigenvalue weighted by atomic mass is 15.2. The van der Waals surface area contributed by atoms with Crippen molar-refractivity contribution in [1.29, 1.82) is 0 Å². The minimum atomic E-state index is 0.266. The van der Waals surface area contributed by atoms with Crippen LogP contribution in [-0.4, -0.2) is 0 Å². The van der Waals surface area contributed by atoms with Gasteiger partial charge in [0.15, 0.2) is 0 Å². The third kappa shape index (κ3) is 5.71. The van der Waals surface area contributed by atoms with Crippen molar-refractivity contribution >= 4 is 33.5 Å². The number of nitrogens with zero attached hydrogens (tertiary/aromatic N) is 2. The van der Waals surface area contributed by atoms with Crippen LogP contribution in [0.1, 0.15) is 12.8 Å². The lowest BCUT2D eigenvalue weighted by Crippen LogP contribution is -2.23. The first-order valence-corrected chi connectivity index (χ1v) is 16.5. The lowest BCUT2D eigenvalue weighted by atomic mass is 9.92. The Hall–Kier alpha value is -5.86. The van der Waals surface area contributed by atoms with Crippen molar-refractivity contribution in [2.75, 3.05) is 9.80 Å². The van der Waals surface area contributed by atoms with Crippen LogP contribution in [0.2, 0.25) is 0 Å². The maximum absolute atomic E-state index is 2.42. The zero-order chi connectivity index (χ0) is 31.4. The van der Waals surface area contributed by atoms with Gasteiger partial charge in [-0.15, -0.1) is 0 Å². The Morgan fingerprint density at radius 3 is 1.85 bits per heavy atom. The lowest BCUT2D eigenvalue weighted by molar-refractivity contribution is 0.942. The quantitative estimate of drug-likeness (QED) is 0.182. The molecule has 1 atom stereocenters. The molecule has 1 unspecified atom stereocenters. The number of hydrogen-bond acceptors (Lipinski definition) is 2. The number of para-hydroxylation sites is 1. The van der Waals surface area contributed by atoms with E-state index in [2.05, 4.69) is 198 Å². The molecule has 226 valence electrons. The van der Waals surface area contributed by atoms with Crippen molar-refractivity contribution in [3.8, 4) is 11.1 Å². The molecule has 0 aliphatic heterocycles. The second kappa shape index (κ2) is 12.9. The fraction of sp³-hybridized carbons (Fsp3) is 0.0667. The van der Waals surface area contributed by atoms with E-state index in [9.17, 15) is 0 Å². The van der Waals surface area contributed by atoms with Gasteiger partial charge in [-0.25, -0.2) is 0 Å². The van der Waals surface area contributed by atoms with Gasteiger partial charge >= 0.3 is 0 Å². The summed E-state index contributed by atoms with van der Waals surface area (Å²) in [4.78, 5) is 4.77. The SMILES string of the molecule is C1=CC2=C(N(C3=CCCC=C3)c3ccc(-c4ccc(N(c5ccccc5)c5cccc6ccccc56)cc4)cc3)C=CC=CC2C=C1. The first-order valence-electron chi connectivity index (χ1n) is 16.5. The van der Waals surface area contributed by atoms with Gasteiger partial charge < -0.3 is 9.80 Å². The third-order valence-electron chi connectivity index (χ3n) is 9.12. The number of hydrogen-bond donors (Lipinski definition) is 0. The van der Waals surface area contributed by atoms with Gasteiger partial charge in [0.25, 0.3) is 0 Å². The highest BCUT2D eigenvalue weighted by Crippen LogP contribution is 2.40. The van der Waals surface area contributed by atoms with Crippen LogP contribution >= 0.6 is 0 Å². The summed E-state index contributed by atoms with van der Waals surface area (Å²) < 4.78 is 0. The average Bonchev–Trinajstić information content (AvgIpc) is 3.36. The molecule has 0 amide bonds. The van der Waals surface area contributed by atoms with Crippen LogP contribution in [0.3, 0.4) is 0 Å². The summed E-state index contributed by atoms with van der Waals surface area (Å²) in [5.41, 5.74) is 10.7. The number of rotatable bonds is 7. The molecule has 0 fully saturated rings. The van der Waals surface area contributed by atoms with Crippen molar-refractivity contribution in [2.45, 2.75) is 12.8 Å². The van der Waals surface area contributed by atoms with Crippen molar-refractivity contribution in [3.63, 3.8) is 0 Å². The molecule has 3 aliphatic carbocycles. The maximum Gasteiger partial charge on any atom is 0.0540 e. The second-order valence-electron chi connectivity index (χ2n) is 12.1. The maximum atomic E-state index is 2.42. The molecule has 2 nitrogen and oxygen atoms in total. The third-order valence-corrected chi connectivity index (χ3v) is 9.12. The summed E-state index contributed by atoms with van der Waals surface area (Å²) in [6.45, 7) is 0. The number of allylic oxidation sites excluding steroid dienone is 12. The Bertz CT molecular complexity index is 2120.